The van der Waals surface area contributed by atoms with Crippen LogP contribution in [0.4, 0.5) is 0 Å². The second kappa shape index (κ2) is 43.3. The summed E-state index contributed by atoms with van der Waals surface area (Å²) in [6.45, 7) is 30.2. The predicted molar refractivity (Wildman–Crippen MR) is 382 cm³/mol. The average molecular weight is 1590 g/mol. The van der Waals surface area contributed by atoms with E-state index in [1.54, 1.807) is 0 Å². The molecule has 0 atom stereocenters. The number of ether oxygens (including phenoxy) is 28. The largest absolute Gasteiger partial charge is 0.481 e. The molecule has 638 valence electrons. The van der Waals surface area contributed by atoms with Crippen LogP contribution in [0.25, 0.3) is 0 Å². The van der Waals surface area contributed by atoms with Crippen molar-refractivity contribution in [2.45, 2.75) is 255 Å². The minimum absolute atomic E-state index is 0.0154. The number of carboxylic acid groups (broad SMARTS) is 1. The summed E-state index contributed by atoms with van der Waals surface area (Å²) in [6.07, 6.45) is -8.09. The quantitative estimate of drug-likeness (QED) is 0.0788. The predicted octanol–water partition coefficient (Wildman–Crippen LogP) is 2.53. The van der Waals surface area contributed by atoms with Gasteiger partial charge in [-0.25, -0.2) is 0 Å². The summed E-state index contributed by atoms with van der Waals surface area (Å²) in [4.78, 5) is 57.3. The van der Waals surface area contributed by atoms with E-state index in [0.717, 1.165) is 4.90 Å². The van der Waals surface area contributed by atoms with Gasteiger partial charge in [-0.05, 0) is 111 Å². The number of carbonyl (C=O) groups is 4. The maximum Gasteiger partial charge on any atom is 0.303 e. The van der Waals surface area contributed by atoms with E-state index in [2.05, 4.69) is 10.6 Å². The van der Waals surface area contributed by atoms with Crippen molar-refractivity contribution < 1.29 is 157 Å². The van der Waals surface area contributed by atoms with Gasteiger partial charge < -0.3 is 153 Å². The van der Waals surface area contributed by atoms with E-state index < -0.39 is 181 Å². The van der Waals surface area contributed by atoms with Crippen molar-refractivity contribution >= 4 is 23.7 Å². The first kappa shape index (κ1) is 92.3. The maximum absolute atomic E-state index is 14.9. The van der Waals surface area contributed by atoms with Gasteiger partial charge in [0.2, 0.25) is 17.7 Å². The molecule has 0 bridgehead atoms. The molecule has 0 radical (unpaired) electrons. The van der Waals surface area contributed by atoms with Crippen molar-refractivity contribution in [1.82, 2.24) is 15.5 Å². The highest BCUT2D eigenvalue weighted by molar-refractivity contribution is 5.90. The highest BCUT2D eigenvalue weighted by atomic mass is 16.8. The van der Waals surface area contributed by atoms with Crippen molar-refractivity contribution in [3.8, 4) is 0 Å². The molecular weight excluding hydrogens is 1460 g/mol. The van der Waals surface area contributed by atoms with Gasteiger partial charge in [0.25, 0.3) is 0 Å². The van der Waals surface area contributed by atoms with Gasteiger partial charge in [0.1, 0.15) is 86.3 Å². The third-order valence-electron chi connectivity index (χ3n) is 18.4. The van der Waals surface area contributed by atoms with Gasteiger partial charge in [-0.1, -0.05) is 0 Å². The van der Waals surface area contributed by atoms with Crippen LogP contribution in [0.5, 0.6) is 0 Å². The monoisotopic (exact) mass is 1590 g/mol. The van der Waals surface area contributed by atoms with Gasteiger partial charge in [-0.15, -0.1) is 0 Å². The van der Waals surface area contributed by atoms with E-state index in [-0.39, 0.29) is 185 Å². The Balaban J connectivity index is 1.03. The highest BCUT2D eigenvalue weighted by Gasteiger charge is 2.39. The molecule has 0 aliphatic carbocycles. The third kappa shape index (κ3) is 35.7. The number of hydrogen-bond acceptors (Lipinski definition) is 32. The van der Waals surface area contributed by atoms with Crippen LogP contribution in [0.3, 0.4) is 0 Å². The Hall–Kier alpha value is -3.24. The van der Waals surface area contributed by atoms with E-state index in [4.69, 9.17) is 133 Å². The van der Waals surface area contributed by atoms with Crippen LogP contribution in [0.15, 0.2) is 0 Å². The molecule has 8 heterocycles. The third-order valence-corrected chi connectivity index (χ3v) is 18.4. The Morgan fingerprint density at radius 1 is 0.291 bits per heavy atom. The number of nitrogens with one attached hydrogen (secondary N) is 2. The van der Waals surface area contributed by atoms with E-state index in [0.29, 0.717) is 0 Å². The summed E-state index contributed by atoms with van der Waals surface area (Å²) in [5.41, 5.74) is 0. The van der Waals surface area contributed by atoms with Gasteiger partial charge in [-0.3, -0.25) is 19.2 Å². The molecule has 36 nitrogen and oxygen atoms in total. The van der Waals surface area contributed by atoms with Crippen LogP contribution in [-0.4, -0.2) is 363 Å². The van der Waals surface area contributed by atoms with E-state index in [9.17, 15) is 24.3 Å². The number of hydrogen-bond donors (Lipinski definition) is 3. The normalized spacial score (nSPS) is 23.9. The molecule has 8 fully saturated rings. The van der Waals surface area contributed by atoms with Gasteiger partial charge in [-0.2, -0.15) is 0 Å². The first-order valence-corrected chi connectivity index (χ1v) is 38.5. The minimum Gasteiger partial charge on any atom is -0.481 e. The van der Waals surface area contributed by atoms with Gasteiger partial charge >= 0.3 is 5.97 Å². The van der Waals surface area contributed by atoms with Crippen LogP contribution in [0.2, 0.25) is 0 Å². The van der Waals surface area contributed by atoms with Crippen LogP contribution >= 0.6 is 0 Å². The highest BCUT2D eigenvalue weighted by Crippen LogP contribution is 2.27. The SMILES string of the molecule is CC1(C)OCC(OCC(COC2COC(C)(C)OC2)OCC(COC(COC2COC(C)(C)OC2)COC2COC(C)(C)OC2)NC(=O)CN(CC(=O)NC(COC(COC2COC(C)(C)OC2)COC2COC(C)(C)OC2)COC(COC2COC(C)(C)OC2)COC2COC(C)(C)OC2)C(=O)CCC(=O)O)CO1. The molecule has 0 aromatic carbocycles. The number of nitrogens with zero attached hydrogens (tertiary/aromatic N) is 1. The fourth-order valence-electron chi connectivity index (χ4n) is 11.5. The molecule has 0 aromatic heterocycles. The Labute approximate surface area is 647 Å². The lowest BCUT2D eigenvalue weighted by Crippen LogP contribution is -2.52. The zero-order chi connectivity index (χ0) is 79.8. The van der Waals surface area contributed by atoms with Crippen molar-refractivity contribution in [3.63, 3.8) is 0 Å². The molecule has 8 saturated heterocycles. The van der Waals surface area contributed by atoms with Crippen molar-refractivity contribution in [2.75, 3.05) is 198 Å². The van der Waals surface area contributed by atoms with Crippen LogP contribution in [0, 0.1) is 0 Å². The summed E-state index contributed by atoms with van der Waals surface area (Å²) < 4.78 is 171. The molecule has 3 N–H and O–H groups in total. The Morgan fingerprint density at radius 3 is 0.609 bits per heavy atom. The fraction of sp³-hybridized carbons (Fsp3) is 0.946. The number of rotatable bonds is 45. The molecular formula is C74H129N3O33. The maximum atomic E-state index is 14.9. The van der Waals surface area contributed by atoms with Crippen molar-refractivity contribution in [2.24, 2.45) is 0 Å². The lowest BCUT2D eigenvalue weighted by molar-refractivity contribution is -0.288. The molecule has 0 unspecified atom stereocenters. The van der Waals surface area contributed by atoms with Gasteiger partial charge in [0.05, 0.1) is 203 Å². The zero-order valence-corrected chi connectivity index (χ0v) is 67.7. The van der Waals surface area contributed by atoms with Crippen molar-refractivity contribution in [1.29, 1.82) is 0 Å². The summed E-state index contributed by atoms with van der Waals surface area (Å²) in [6, 6.07) is -2.03. The molecule has 8 aliphatic heterocycles. The minimum atomic E-state index is -1.29. The lowest BCUT2D eigenvalue weighted by atomic mass is 10.2. The van der Waals surface area contributed by atoms with Gasteiger partial charge in [0, 0.05) is 6.42 Å². The fourth-order valence-corrected chi connectivity index (χ4v) is 11.5. The van der Waals surface area contributed by atoms with E-state index in [1.807, 2.05) is 111 Å². The summed E-state index contributed by atoms with van der Waals surface area (Å²) >= 11 is 0. The smallest absolute Gasteiger partial charge is 0.303 e. The second-order valence-electron chi connectivity index (χ2n) is 32.3. The number of amides is 3. The average Bonchev–Trinajstić information content (AvgIpc) is 1.03. The Morgan fingerprint density at radius 2 is 0.455 bits per heavy atom. The molecule has 0 aromatic rings. The molecule has 0 saturated carbocycles. The van der Waals surface area contributed by atoms with E-state index in [1.165, 1.54) is 0 Å². The topological polar surface area (TPSA) is 374 Å². The van der Waals surface area contributed by atoms with E-state index >= 15 is 0 Å². The zero-order valence-electron chi connectivity index (χ0n) is 67.7. The number of carboxylic acids is 1. The molecule has 8 aliphatic rings. The number of carbonyl (C=O) groups excluding carboxylic acids is 3. The molecule has 36 heteroatoms. The summed E-state index contributed by atoms with van der Waals surface area (Å²) in [5, 5.41) is 15.8. The second-order valence-corrected chi connectivity index (χ2v) is 32.3. The van der Waals surface area contributed by atoms with Gasteiger partial charge in [0.15, 0.2) is 46.3 Å². The first-order valence-electron chi connectivity index (χ1n) is 38.5. The Bertz CT molecular complexity index is 2230. The lowest BCUT2D eigenvalue weighted by Gasteiger charge is -2.36. The molecule has 0 spiro atoms. The first-order chi connectivity index (χ1) is 51.8. The standard InChI is InChI=1S/C74H129N3O33/c1-67(2)95-33-55(34-96-67)87-25-51(26-88-56-35-97-68(3,4)98-36-56)83-21-49(22-84-52(27-89-57-37-99-69(5,6)100-38-57)28-90-58-39-101-70(7,8)102-40-58)75-63(78)19-77(65(80)17-18-66(81)82)20-64(79)76-50(23-85-53(29-91-59-41-103-71(9,10)104-42-59)30-92-60-43-105-72(11,12)106-44-60)24-86-54(31-93-61-45-107-73(13,14)108-46-61)32-94-62-47-109-74(15,16)110-48-62/h49-62H,17-48H2,1-16H3,(H,75,78)(H,76,79)(H,81,82). The summed E-state index contributed by atoms with van der Waals surface area (Å²) in [7, 11) is 0. The van der Waals surface area contributed by atoms with Crippen LogP contribution in [0.1, 0.15) is 124 Å². The number of aliphatic carboxylic acids is 1. The Kier molecular flexibility index (Phi) is 36.3. The summed E-state index contributed by atoms with van der Waals surface area (Å²) in [5.74, 6) is -10.2. The molecule has 110 heavy (non-hydrogen) atoms. The van der Waals surface area contributed by atoms with Crippen LogP contribution < -0.4 is 10.6 Å². The molecule has 3 amide bonds. The molecule has 8 rings (SSSR count). The van der Waals surface area contributed by atoms with Crippen LogP contribution in [-0.2, 0) is 152 Å². The van der Waals surface area contributed by atoms with Crippen molar-refractivity contribution in [3.05, 3.63) is 0 Å².